The average molecular weight is 314 g/mol. The first kappa shape index (κ1) is 14.6. The third-order valence-corrected chi connectivity index (χ3v) is 4.56. The van der Waals surface area contributed by atoms with Crippen LogP contribution in [0.2, 0.25) is 0 Å². The molecular weight excluding hydrogens is 296 g/mol. The van der Waals surface area contributed by atoms with Crippen molar-refractivity contribution in [2.24, 2.45) is 0 Å². The Balaban J connectivity index is 1.78. The van der Waals surface area contributed by atoms with Crippen molar-refractivity contribution in [1.29, 1.82) is 0 Å². The molecule has 0 aliphatic carbocycles. The summed E-state index contributed by atoms with van der Waals surface area (Å²) in [5, 5.41) is 5.08. The highest BCUT2D eigenvalue weighted by Crippen LogP contribution is 2.27. The summed E-state index contributed by atoms with van der Waals surface area (Å²) in [6.07, 6.45) is 4.09. The van der Waals surface area contributed by atoms with E-state index in [4.69, 9.17) is 0 Å². The van der Waals surface area contributed by atoms with Crippen LogP contribution in [0.25, 0.3) is 5.69 Å². The fraction of sp³-hybridized carbons (Fsp3) is 0.333. The lowest BCUT2D eigenvalue weighted by atomic mass is 10.1. The van der Waals surface area contributed by atoms with Crippen molar-refractivity contribution in [3.8, 4) is 5.69 Å². The van der Waals surface area contributed by atoms with Gasteiger partial charge >= 0.3 is 0 Å². The summed E-state index contributed by atoms with van der Waals surface area (Å²) >= 11 is 1.45. The second-order valence-corrected chi connectivity index (χ2v) is 5.80. The molecule has 0 amide bonds. The molecule has 3 rings (SSSR count). The molecule has 2 aromatic heterocycles. The van der Waals surface area contributed by atoms with Gasteiger partial charge in [-0.05, 0) is 24.6 Å². The van der Waals surface area contributed by atoms with E-state index >= 15 is 0 Å². The summed E-state index contributed by atoms with van der Waals surface area (Å²) in [5.74, 6) is 0.903. The Labute approximate surface area is 133 Å². The SMILES string of the molecule is CCc1nsc(N(C)C(C)c2ccc(-n3cncn3)cc2)n1. The van der Waals surface area contributed by atoms with Gasteiger partial charge in [0.1, 0.15) is 18.5 Å². The zero-order valence-electron chi connectivity index (χ0n) is 12.8. The molecule has 6 nitrogen and oxygen atoms in total. The Morgan fingerprint density at radius 1 is 1.27 bits per heavy atom. The van der Waals surface area contributed by atoms with Crippen LogP contribution >= 0.6 is 11.5 Å². The molecule has 114 valence electrons. The minimum atomic E-state index is 0.224. The predicted molar refractivity (Wildman–Crippen MR) is 87.5 cm³/mol. The van der Waals surface area contributed by atoms with Gasteiger partial charge < -0.3 is 4.90 Å². The van der Waals surface area contributed by atoms with E-state index in [1.165, 1.54) is 23.4 Å². The first-order chi connectivity index (χ1) is 10.7. The van der Waals surface area contributed by atoms with Gasteiger partial charge in [0, 0.05) is 25.0 Å². The Hall–Kier alpha value is -2.28. The zero-order chi connectivity index (χ0) is 15.5. The van der Waals surface area contributed by atoms with Gasteiger partial charge in [0.15, 0.2) is 0 Å². The third-order valence-electron chi connectivity index (χ3n) is 3.72. The molecule has 22 heavy (non-hydrogen) atoms. The van der Waals surface area contributed by atoms with Crippen molar-refractivity contribution >= 4 is 16.7 Å². The van der Waals surface area contributed by atoms with E-state index in [0.29, 0.717) is 0 Å². The summed E-state index contributed by atoms with van der Waals surface area (Å²) in [4.78, 5) is 10.7. The quantitative estimate of drug-likeness (QED) is 0.725. The Morgan fingerprint density at radius 2 is 2.05 bits per heavy atom. The fourth-order valence-electron chi connectivity index (χ4n) is 2.17. The second kappa shape index (κ2) is 6.23. The van der Waals surface area contributed by atoms with Gasteiger partial charge in [-0.15, -0.1) is 0 Å². The van der Waals surface area contributed by atoms with Crippen molar-refractivity contribution in [2.75, 3.05) is 11.9 Å². The minimum absolute atomic E-state index is 0.224. The van der Waals surface area contributed by atoms with E-state index in [1.54, 1.807) is 11.0 Å². The summed E-state index contributed by atoms with van der Waals surface area (Å²) in [6.45, 7) is 4.23. The van der Waals surface area contributed by atoms with E-state index in [0.717, 1.165) is 23.1 Å². The molecule has 0 saturated heterocycles. The Morgan fingerprint density at radius 3 is 2.64 bits per heavy atom. The number of aromatic nitrogens is 5. The van der Waals surface area contributed by atoms with Gasteiger partial charge in [0.2, 0.25) is 5.13 Å². The second-order valence-electron chi connectivity index (χ2n) is 5.07. The van der Waals surface area contributed by atoms with Crippen molar-refractivity contribution < 1.29 is 0 Å². The first-order valence-electron chi connectivity index (χ1n) is 7.19. The highest BCUT2D eigenvalue weighted by Gasteiger charge is 2.16. The van der Waals surface area contributed by atoms with Crippen LogP contribution in [0.15, 0.2) is 36.9 Å². The average Bonchev–Trinajstić information content (AvgIpc) is 3.25. The van der Waals surface area contributed by atoms with Crippen LogP contribution in [0.3, 0.4) is 0 Å². The van der Waals surface area contributed by atoms with Gasteiger partial charge in [-0.25, -0.2) is 14.6 Å². The molecule has 1 unspecified atom stereocenters. The molecule has 3 aromatic rings. The lowest BCUT2D eigenvalue weighted by Crippen LogP contribution is -2.21. The third kappa shape index (κ3) is 2.85. The molecule has 0 aliphatic heterocycles. The summed E-state index contributed by atoms with van der Waals surface area (Å²) in [7, 11) is 2.05. The maximum Gasteiger partial charge on any atom is 0.205 e. The van der Waals surface area contributed by atoms with E-state index in [9.17, 15) is 0 Å². The molecule has 0 radical (unpaired) electrons. The van der Waals surface area contributed by atoms with Gasteiger partial charge in [0.25, 0.3) is 0 Å². The molecule has 0 spiro atoms. The van der Waals surface area contributed by atoms with Gasteiger partial charge in [-0.3, -0.25) is 0 Å². The lowest BCUT2D eigenvalue weighted by Gasteiger charge is -2.24. The standard InChI is InChI=1S/C15H18N6S/c1-4-14-18-15(22-19-14)20(3)11(2)12-5-7-13(8-6-12)21-10-16-9-17-21/h5-11H,4H2,1-3H3. The predicted octanol–water partition coefficient (Wildman–Crippen LogP) is 2.88. The normalized spacial score (nSPS) is 12.3. The molecule has 0 fully saturated rings. The molecule has 1 aromatic carbocycles. The van der Waals surface area contributed by atoms with Gasteiger partial charge in [0.05, 0.1) is 11.7 Å². The van der Waals surface area contributed by atoms with E-state index in [-0.39, 0.29) is 6.04 Å². The molecular formula is C15H18N6S. The number of hydrogen-bond donors (Lipinski definition) is 0. The number of rotatable bonds is 5. The van der Waals surface area contributed by atoms with Crippen molar-refractivity contribution in [2.45, 2.75) is 26.3 Å². The summed E-state index contributed by atoms with van der Waals surface area (Å²) in [6, 6.07) is 8.54. The van der Waals surface area contributed by atoms with Crippen LogP contribution in [0, 0.1) is 0 Å². The number of benzene rings is 1. The molecule has 0 bridgehead atoms. The molecule has 0 N–H and O–H groups in total. The van der Waals surface area contributed by atoms with Crippen LogP contribution in [0.5, 0.6) is 0 Å². The highest BCUT2D eigenvalue weighted by molar-refractivity contribution is 7.09. The van der Waals surface area contributed by atoms with Gasteiger partial charge in [-0.2, -0.15) is 9.47 Å². The molecule has 2 heterocycles. The van der Waals surface area contributed by atoms with Crippen molar-refractivity contribution in [1.82, 2.24) is 24.1 Å². The van der Waals surface area contributed by atoms with E-state index < -0.39 is 0 Å². The lowest BCUT2D eigenvalue weighted by molar-refractivity contribution is 0.733. The monoisotopic (exact) mass is 314 g/mol. The maximum absolute atomic E-state index is 4.54. The zero-order valence-corrected chi connectivity index (χ0v) is 13.7. The minimum Gasteiger partial charge on any atom is -0.343 e. The maximum atomic E-state index is 4.54. The van der Waals surface area contributed by atoms with E-state index in [2.05, 4.69) is 57.4 Å². The molecule has 1 atom stereocenters. The first-order valence-corrected chi connectivity index (χ1v) is 7.96. The largest absolute Gasteiger partial charge is 0.343 e. The summed E-state index contributed by atoms with van der Waals surface area (Å²) < 4.78 is 6.10. The van der Waals surface area contributed by atoms with Crippen molar-refractivity contribution in [3.63, 3.8) is 0 Å². The highest BCUT2D eigenvalue weighted by atomic mass is 32.1. The number of hydrogen-bond acceptors (Lipinski definition) is 6. The number of nitrogens with zero attached hydrogens (tertiary/aromatic N) is 6. The molecule has 0 aliphatic rings. The number of aryl methyl sites for hydroxylation is 1. The Bertz CT molecular complexity index is 719. The van der Waals surface area contributed by atoms with Crippen LogP contribution < -0.4 is 4.90 Å². The van der Waals surface area contributed by atoms with Crippen LogP contribution in [0.4, 0.5) is 5.13 Å². The van der Waals surface area contributed by atoms with Crippen molar-refractivity contribution in [3.05, 3.63) is 48.3 Å². The van der Waals surface area contributed by atoms with Crippen LogP contribution in [0.1, 0.15) is 31.3 Å². The van der Waals surface area contributed by atoms with Gasteiger partial charge in [-0.1, -0.05) is 19.1 Å². The molecule has 7 heteroatoms. The fourth-order valence-corrected chi connectivity index (χ4v) is 2.96. The Kier molecular flexibility index (Phi) is 4.15. The van der Waals surface area contributed by atoms with Crippen LogP contribution in [-0.2, 0) is 6.42 Å². The van der Waals surface area contributed by atoms with Crippen LogP contribution in [-0.4, -0.2) is 31.2 Å². The molecule has 0 saturated carbocycles. The smallest absolute Gasteiger partial charge is 0.205 e. The number of anilines is 1. The van der Waals surface area contributed by atoms with E-state index in [1.807, 2.05) is 12.1 Å². The topological polar surface area (TPSA) is 59.7 Å². The summed E-state index contributed by atoms with van der Waals surface area (Å²) in [5.41, 5.74) is 2.22.